The zero-order chi connectivity index (χ0) is 27.3. The molecule has 0 saturated carbocycles. The molecule has 0 spiro atoms. The summed E-state index contributed by atoms with van der Waals surface area (Å²) in [7, 11) is 1.58. The van der Waals surface area contributed by atoms with Gasteiger partial charge in [-0.05, 0) is 73.5 Å². The Kier molecular flexibility index (Phi) is 6.23. The first-order valence-electron chi connectivity index (χ1n) is 12.7. The molecule has 2 unspecified atom stereocenters. The molecule has 6 rings (SSSR count). The highest BCUT2D eigenvalue weighted by Gasteiger charge is 2.48. The van der Waals surface area contributed by atoms with E-state index in [9.17, 15) is 14.7 Å². The lowest BCUT2D eigenvalue weighted by Gasteiger charge is -2.23. The van der Waals surface area contributed by atoms with E-state index in [1.54, 1.807) is 37.4 Å². The van der Waals surface area contributed by atoms with E-state index in [4.69, 9.17) is 14.2 Å². The van der Waals surface area contributed by atoms with Gasteiger partial charge in [0.1, 0.15) is 29.1 Å². The van der Waals surface area contributed by atoms with Crippen molar-refractivity contribution in [3.8, 4) is 17.2 Å². The Balaban J connectivity index is 1.53. The van der Waals surface area contributed by atoms with Gasteiger partial charge in [0.25, 0.3) is 5.78 Å². The predicted molar refractivity (Wildman–Crippen MR) is 149 cm³/mol. The smallest absolute Gasteiger partial charge is 0.301 e. The highest BCUT2D eigenvalue weighted by molar-refractivity contribution is 7.22. The summed E-state index contributed by atoms with van der Waals surface area (Å²) in [6.07, 6.45) is 0.724. The van der Waals surface area contributed by atoms with Gasteiger partial charge in [-0.3, -0.25) is 14.5 Å². The van der Waals surface area contributed by atoms with Crippen LogP contribution in [0.5, 0.6) is 17.2 Å². The fraction of sp³-hybridized carbons (Fsp3) is 0.233. The Morgan fingerprint density at radius 2 is 1.97 bits per heavy atom. The number of anilines is 1. The summed E-state index contributed by atoms with van der Waals surface area (Å²) in [5, 5.41) is 11.9. The van der Waals surface area contributed by atoms with Crippen LogP contribution in [0.15, 0.2) is 66.2 Å². The van der Waals surface area contributed by atoms with Crippen molar-refractivity contribution in [1.82, 2.24) is 4.98 Å². The fourth-order valence-corrected chi connectivity index (χ4v) is 6.15. The number of benzene rings is 3. The molecule has 0 aliphatic carbocycles. The van der Waals surface area contributed by atoms with Gasteiger partial charge in [-0.25, -0.2) is 4.98 Å². The number of aromatic nitrogens is 1. The topological polar surface area (TPSA) is 98.2 Å². The van der Waals surface area contributed by atoms with Crippen molar-refractivity contribution < 1.29 is 28.9 Å². The molecule has 1 aromatic heterocycles. The van der Waals surface area contributed by atoms with Crippen molar-refractivity contribution in [2.75, 3.05) is 18.6 Å². The second kappa shape index (κ2) is 9.74. The van der Waals surface area contributed by atoms with Crippen LogP contribution >= 0.6 is 11.3 Å². The number of hydrogen-bond donors (Lipinski definition) is 1. The minimum atomic E-state index is -0.906. The third-order valence-corrected chi connectivity index (χ3v) is 7.91. The number of ether oxygens (including phenoxy) is 3. The number of aliphatic hydroxyl groups is 1. The van der Waals surface area contributed by atoms with E-state index in [0.717, 1.165) is 16.0 Å². The molecule has 1 saturated heterocycles. The SMILES string of the molecule is CCOc1cccc(C2/C(=C(\O)c3ccc4c(c3)CC(C)O4)C(=O)C(=O)N2c2nc3ccc(OC)cc3s2)c1. The van der Waals surface area contributed by atoms with Crippen LogP contribution in [-0.2, 0) is 16.0 Å². The molecule has 0 radical (unpaired) electrons. The minimum absolute atomic E-state index is 0.00241. The minimum Gasteiger partial charge on any atom is -0.507 e. The standard InChI is InChI=1S/C30H26N2O6S/c1-4-37-21-7-5-6-17(14-21)26-25(27(33)18-8-11-23-19(13-18)12-16(2)38-23)28(34)29(35)32(26)30-31-22-10-9-20(36-3)15-24(22)39-30/h5-11,13-16,26,33H,4,12H2,1-3H3/b27-25+. The molecule has 2 aliphatic heterocycles. The highest BCUT2D eigenvalue weighted by atomic mass is 32.1. The molecule has 1 amide bonds. The van der Waals surface area contributed by atoms with Crippen molar-refractivity contribution in [2.45, 2.75) is 32.4 Å². The van der Waals surface area contributed by atoms with Gasteiger partial charge in [-0.1, -0.05) is 23.5 Å². The monoisotopic (exact) mass is 542 g/mol. The first-order chi connectivity index (χ1) is 18.9. The molecule has 3 aromatic carbocycles. The Morgan fingerprint density at radius 3 is 2.77 bits per heavy atom. The van der Waals surface area contributed by atoms with Gasteiger partial charge in [-0.2, -0.15) is 0 Å². The van der Waals surface area contributed by atoms with E-state index in [1.165, 1.54) is 16.2 Å². The van der Waals surface area contributed by atoms with Crippen LogP contribution in [0.25, 0.3) is 16.0 Å². The van der Waals surface area contributed by atoms with Crippen LogP contribution in [-0.4, -0.2) is 41.6 Å². The molecular weight excluding hydrogens is 516 g/mol. The summed E-state index contributed by atoms with van der Waals surface area (Å²) in [4.78, 5) is 33.2. The lowest BCUT2D eigenvalue weighted by atomic mass is 9.94. The van der Waals surface area contributed by atoms with Gasteiger partial charge in [0.05, 0.1) is 35.5 Å². The van der Waals surface area contributed by atoms with E-state index >= 15 is 0 Å². The van der Waals surface area contributed by atoms with E-state index in [-0.39, 0.29) is 17.4 Å². The third-order valence-electron chi connectivity index (χ3n) is 6.89. The van der Waals surface area contributed by atoms with Crippen molar-refractivity contribution in [3.05, 3.63) is 82.9 Å². The largest absolute Gasteiger partial charge is 0.507 e. The Hall–Kier alpha value is -4.37. The van der Waals surface area contributed by atoms with Gasteiger partial charge < -0.3 is 19.3 Å². The molecular formula is C30H26N2O6S. The molecule has 2 aliphatic rings. The zero-order valence-corrected chi connectivity index (χ0v) is 22.5. The van der Waals surface area contributed by atoms with Crippen LogP contribution in [0.3, 0.4) is 0 Å². The second-order valence-corrected chi connectivity index (χ2v) is 10.5. The van der Waals surface area contributed by atoms with Crippen LogP contribution in [0.4, 0.5) is 5.13 Å². The number of rotatable bonds is 6. The molecule has 1 N–H and O–H groups in total. The van der Waals surface area contributed by atoms with Crippen LogP contribution < -0.4 is 19.1 Å². The van der Waals surface area contributed by atoms with Crippen LogP contribution in [0.1, 0.15) is 36.6 Å². The number of ketones is 1. The maximum absolute atomic E-state index is 13.6. The summed E-state index contributed by atoms with van der Waals surface area (Å²) in [6.45, 7) is 4.32. The molecule has 3 heterocycles. The summed E-state index contributed by atoms with van der Waals surface area (Å²) in [5.74, 6) is 0.237. The van der Waals surface area contributed by atoms with Gasteiger partial charge in [-0.15, -0.1) is 0 Å². The number of hydrogen-bond acceptors (Lipinski definition) is 8. The lowest BCUT2D eigenvalue weighted by Crippen LogP contribution is -2.29. The second-order valence-electron chi connectivity index (χ2n) is 9.46. The molecule has 4 aromatic rings. The highest BCUT2D eigenvalue weighted by Crippen LogP contribution is 2.45. The average molecular weight is 543 g/mol. The molecule has 2 atom stereocenters. The van der Waals surface area contributed by atoms with E-state index in [0.29, 0.717) is 46.3 Å². The number of fused-ring (bicyclic) bond motifs is 2. The van der Waals surface area contributed by atoms with Gasteiger partial charge >= 0.3 is 5.91 Å². The number of methoxy groups -OCH3 is 1. The van der Waals surface area contributed by atoms with Gasteiger partial charge in [0.15, 0.2) is 5.13 Å². The molecule has 9 heteroatoms. The van der Waals surface area contributed by atoms with Gasteiger partial charge in [0.2, 0.25) is 0 Å². The van der Waals surface area contributed by atoms with Crippen LogP contribution in [0.2, 0.25) is 0 Å². The van der Waals surface area contributed by atoms with Crippen molar-refractivity contribution >= 4 is 44.1 Å². The summed E-state index contributed by atoms with van der Waals surface area (Å²) in [5.41, 5.74) is 2.68. The maximum Gasteiger partial charge on any atom is 0.301 e. The number of aliphatic hydroxyl groups excluding tert-OH is 1. The molecule has 8 nitrogen and oxygen atoms in total. The number of carbonyl (C=O) groups excluding carboxylic acids is 2. The van der Waals surface area contributed by atoms with E-state index in [1.807, 2.05) is 44.2 Å². The molecule has 198 valence electrons. The first-order valence-corrected chi connectivity index (χ1v) is 13.5. The van der Waals surface area contributed by atoms with Gasteiger partial charge in [0, 0.05) is 12.0 Å². The lowest BCUT2D eigenvalue weighted by molar-refractivity contribution is -0.132. The molecule has 1 fully saturated rings. The number of carbonyl (C=O) groups is 2. The Bertz CT molecular complexity index is 1660. The predicted octanol–water partition coefficient (Wildman–Crippen LogP) is 5.65. The van der Waals surface area contributed by atoms with E-state index < -0.39 is 17.7 Å². The number of nitrogens with zero attached hydrogens (tertiary/aromatic N) is 2. The summed E-state index contributed by atoms with van der Waals surface area (Å²) in [6, 6.07) is 17.1. The van der Waals surface area contributed by atoms with Crippen LogP contribution in [0, 0.1) is 0 Å². The first kappa shape index (κ1) is 24.9. The van der Waals surface area contributed by atoms with Crippen molar-refractivity contribution in [3.63, 3.8) is 0 Å². The van der Waals surface area contributed by atoms with Crippen molar-refractivity contribution in [2.24, 2.45) is 0 Å². The number of Topliss-reactive ketones (excluding diaryl/α,β-unsaturated/α-hetero) is 1. The maximum atomic E-state index is 13.6. The molecule has 39 heavy (non-hydrogen) atoms. The quantitative estimate of drug-likeness (QED) is 0.191. The summed E-state index contributed by atoms with van der Waals surface area (Å²) >= 11 is 1.28. The fourth-order valence-electron chi connectivity index (χ4n) is 5.13. The normalized spacial score (nSPS) is 19.8. The number of amides is 1. The number of thiazole rings is 1. The summed E-state index contributed by atoms with van der Waals surface area (Å²) < 4.78 is 17.6. The van der Waals surface area contributed by atoms with E-state index in [2.05, 4.69) is 4.98 Å². The Labute approximate surface area is 229 Å². The van der Waals surface area contributed by atoms with Crippen molar-refractivity contribution in [1.29, 1.82) is 0 Å². The zero-order valence-electron chi connectivity index (χ0n) is 21.6. The Morgan fingerprint density at radius 1 is 1.13 bits per heavy atom. The third kappa shape index (κ3) is 4.28. The average Bonchev–Trinajstić information content (AvgIpc) is 3.60. The molecule has 0 bridgehead atoms.